The fourth-order valence-electron chi connectivity index (χ4n) is 2.07. The second-order valence-corrected chi connectivity index (χ2v) is 4.69. The number of carbonyl (C=O) groups is 1. The summed E-state index contributed by atoms with van der Waals surface area (Å²) in [5.74, 6) is 0.0899. The normalized spacial score (nSPS) is 12.6. The molecular formula is C14H21NO3. The first-order chi connectivity index (χ1) is 8.36. The van der Waals surface area contributed by atoms with E-state index in [0.29, 0.717) is 6.54 Å². The molecule has 4 nitrogen and oxygen atoms in total. The molecule has 100 valence electrons. The van der Waals surface area contributed by atoms with Crippen molar-refractivity contribution in [3.63, 3.8) is 0 Å². The van der Waals surface area contributed by atoms with Crippen LogP contribution in [0.25, 0.3) is 0 Å². The zero-order valence-corrected chi connectivity index (χ0v) is 11.7. The van der Waals surface area contributed by atoms with Gasteiger partial charge in [0.2, 0.25) is 0 Å². The summed E-state index contributed by atoms with van der Waals surface area (Å²) < 4.78 is 5.31. The van der Waals surface area contributed by atoms with E-state index in [1.54, 1.807) is 14.0 Å². The summed E-state index contributed by atoms with van der Waals surface area (Å²) in [5, 5.41) is 8.96. The molecule has 0 bridgehead atoms. The van der Waals surface area contributed by atoms with Gasteiger partial charge in [-0.1, -0.05) is 12.1 Å². The standard InChI is InChI=1S/C14H21NO3/c1-9-6-12(7-10(2)13(9)18-5)8-15(4)11(3)14(16)17/h6-7,11H,8H2,1-5H3,(H,16,17). The number of methoxy groups -OCH3 is 1. The second-order valence-electron chi connectivity index (χ2n) is 4.69. The van der Waals surface area contributed by atoms with Crippen LogP contribution in [0.3, 0.4) is 0 Å². The van der Waals surface area contributed by atoms with Gasteiger partial charge < -0.3 is 9.84 Å². The van der Waals surface area contributed by atoms with Gasteiger partial charge in [0.05, 0.1) is 7.11 Å². The molecule has 0 aliphatic carbocycles. The summed E-state index contributed by atoms with van der Waals surface area (Å²) in [4.78, 5) is 12.7. The number of aliphatic carboxylic acids is 1. The van der Waals surface area contributed by atoms with Crippen LogP contribution in [0, 0.1) is 13.8 Å². The van der Waals surface area contributed by atoms with Crippen LogP contribution >= 0.6 is 0 Å². The number of hydrogen-bond acceptors (Lipinski definition) is 3. The molecule has 4 heteroatoms. The van der Waals surface area contributed by atoms with Crippen molar-refractivity contribution >= 4 is 5.97 Å². The maximum Gasteiger partial charge on any atom is 0.320 e. The molecule has 1 rings (SSSR count). The van der Waals surface area contributed by atoms with E-state index >= 15 is 0 Å². The summed E-state index contributed by atoms with van der Waals surface area (Å²) in [5.41, 5.74) is 3.24. The number of hydrogen-bond donors (Lipinski definition) is 1. The fraction of sp³-hybridized carbons (Fsp3) is 0.500. The van der Waals surface area contributed by atoms with E-state index in [1.165, 1.54) is 0 Å². The Balaban J connectivity index is 2.89. The lowest BCUT2D eigenvalue weighted by atomic mass is 10.0. The number of carboxylic acids is 1. The third-order valence-electron chi connectivity index (χ3n) is 3.17. The van der Waals surface area contributed by atoms with Crippen molar-refractivity contribution in [2.24, 2.45) is 0 Å². The molecule has 0 aliphatic rings. The van der Waals surface area contributed by atoms with Crippen LogP contribution < -0.4 is 4.74 Å². The van der Waals surface area contributed by atoms with Crippen LogP contribution in [0.1, 0.15) is 23.6 Å². The lowest BCUT2D eigenvalue weighted by molar-refractivity contribution is -0.142. The molecule has 1 unspecified atom stereocenters. The highest BCUT2D eigenvalue weighted by atomic mass is 16.5. The number of nitrogens with zero attached hydrogens (tertiary/aromatic N) is 1. The van der Waals surface area contributed by atoms with E-state index in [0.717, 1.165) is 22.4 Å². The Labute approximate surface area is 108 Å². The average molecular weight is 251 g/mol. The van der Waals surface area contributed by atoms with Gasteiger partial charge in [0.25, 0.3) is 0 Å². The number of benzene rings is 1. The van der Waals surface area contributed by atoms with Gasteiger partial charge in [0.15, 0.2) is 0 Å². The Morgan fingerprint density at radius 2 is 1.89 bits per heavy atom. The molecule has 1 aromatic carbocycles. The van der Waals surface area contributed by atoms with Crippen molar-refractivity contribution in [2.45, 2.75) is 33.4 Å². The van der Waals surface area contributed by atoms with E-state index in [-0.39, 0.29) is 0 Å². The average Bonchev–Trinajstić information content (AvgIpc) is 2.27. The molecule has 0 fully saturated rings. The van der Waals surface area contributed by atoms with Gasteiger partial charge in [0.1, 0.15) is 11.8 Å². The van der Waals surface area contributed by atoms with E-state index in [2.05, 4.69) is 0 Å². The summed E-state index contributed by atoms with van der Waals surface area (Å²) in [6.07, 6.45) is 0. The Morgan fingerprint density at radius 1 is 1.39 bits per heavy atom. The van der Waals surface area contributed by atoms with E-state index < -0.39 is 12.0 Å². The van der Waals surface area contributed by atoms with Crippen molar-refractivity contribution < 1.29 is 14.6 Å². The molecule has 0 saturated carbocycles. The first kappa shape index (κ1) is 14.5. The number of likely N-dealkylation sites (N-methyl/N-ethyl adjacent to an activating group) is 1. The molecule has 1 aromatic rings. The Morgan fingerprint density at radius 3 is 2.28 bits per heavy atom. The van der Waals surface area contributed by atoms with Crippen LogP contribution in [0.5, 0.6) is 5.75 Å². The molecule has 0 amide bonds. The molecule has 0 aromatic heterocycles. The van der Waals surface area contributed by atoms with E-state index in [1.807, 2.05) is 37.9 Å². The summed E-state index contributed by atoms with van der Waals surface area (Å²) in [6, 6.07) is 3.58. The number of aryl methyl sites for hydroxylation is 2. The van der Waals surface area contributed by atoms with Crippen LogP contribution in [0.4, 0.5) is 0 Å². The maximum absolute atomic E-state index is 10.9. The lowest BCUT2D eigenvalue weighted by Gasteiger charge is -2.22. The minimum absolute atomic E-state index is 0.493. The summed E-state index contributed by atoms with van der Waals surface area (Å²) >= 11 is 0. The molecule has 0 aliphatic heterocycles. The molecule has 1 atom stereocenters. The molecule has 0 heterocycles. The second kappa shape index (κ2) is 5.87. The third kappa shape index (κ3) is 3.23. The van der Waals surface area contributed by atoms with Crippen molar-refractivity contribution in [1.82, 2.24) is 4.90 Å². The van der Waals surface area contributed by atoms with Gasteiger partial charge in [-0.25, -0.2) is 0 Å². The number of ether oxygens (including phenoxy) is 1. The van der Waals surface area contributed by atoms with Crippen LogP contribution in [0.2, 0.25) is 0 Å². The Kier molecular flexibility index (Phi) is 4.73. The smallest absolute Gasteiger partial charge is 0.320 e. The van der Waals surface area contributed by atoms with Crippen molar-refractivity contribution in [2.75, 3.05) is 14.2 Å². The van der Waals surface area contributed by atoms with Gasteiger partial charge in [-0.2, -0.15) is 0 Å². The highest BCUT2D eigenvalue weighted by molar-refractivity contribution is 5.72. The molecule has 0 radical (unpaired) electrons. The fourth-order valence-corrected chi connectivity index (χ4v) is 2.07. The lowest BCUT2D eigenvalue weighted by Crippen LogP contribution is -2.35. The SMILES string of the molecule is COc1c(C)cc(CN(C)C(C)C(=O)O)cc1C. The summed E-state index contributed by atoms with van der Waals surface area (Å²) in [6.45, 7) is 6.29. The third-order valence-corrected chi connectivity index (χ3v) is 3.17. The maximum atomic E-state index is 10.9. The summed E-state index contributed by atoms with van der Waals surface area (Å²) in [7, 11) is 3.47. The Hall–Kier alpha value is -1.55. The predicted molar refractivity (Wildman–Crippen MR) is 71.0 cm³/mol. The number of carboxylic acid groups (broad SMARTS) is 1. The van der Waals surface area contributed by atoms with Gasteiger partial charge in [-0.15, -0.1) is 0 Å². The van der Waals surface area contributed by atoms with E-state index in [9.17, 15) is 4.79 Å². The Bertz CT molecular complexity index is 420. The minimum atomic E-state index is -0.806. The van der Waals surface area contributed by atoms with Gasteiger partial charge >= 0.3 is 5.97 Å². The molecule has 0 spiro atoms. The quantitative estimate of drug-likeness (QED) is 0.871. The number of rotatable bonds is 5. The van der Waals surface area contributed by atoms with E-state index in [4.69, 9.17) is 9.84 Å². The van der Waals surface area contributed by atoms with Crippen LogP contribution in [0.15, 0.2) is 12.1 Å². The molecular weight excluding hydrogens is 230 g/mol. The van der Waals surface area contributed by atoms with Crippen molar-refractivity contribution in [3.05, 3.63) is 28.8 Å². The monoisotopic (exact) mass is 251 g/mol. The molecule has 18 heavy (non-hydrogen) atoms. The van der Waals surface area contributed by atoms with Gasteiger partial charge in [-0.05, 0) is 44.5 Å². The highest BCUT2D eigenvalue weighted by Crippen LogP contribution is 2.25. The molecule has 1 N–H and O–H groups in total. The first-order valence-corrected chi connectivity index (χ1v) is 5.94. The zero-order valence-electron chi connectivity index (χ0n) is 11.7. The first-order valence-electron chi connectivity index (χ1n) is 5.94. The van der Waals surface area contributed by atoms with Crippen LogP contribution in [-0.4, -0.2) is 36.2 Å². The largest absolute Gasteiger partial charge is 0.496 e. The topological polar surface area (TPSA) is 49.8 Å². The zero-order chi connectivity index (χ0) is 13.9. The minimum Gasteiger partial charge on any atom is -0.496 e. The highest BCUT2D eigenvalue weighted by Gasteiger charge is 2.17. The van der Waals surface area contributed by atoms with Crippen LogP contribution in [-0.2, 0) is 11.3 Å². The van der Waals surface area contributed by atoms with Crippen molar-refractivity contribution in [3.8, 4) is 5.75 Å². The van der Waals surface area contributed by atoms with Gasteiger partial charge in [0, 0.05) is 6.54 Å². The molecule has 0 saturated heterocycles. The predicted octanol–water partition coefficient (Wildman–Crippen LogP) is 2.22. The van der Waals surface area contributed by atoms with Gasteiger partial charge in [-0.3, -0.25) is 9.69 Å². The van der Waals surface area contributed by atoms with Crippen molar-refractivity contribution in [1.29, 1.82) is 0 Å².